The van der Waals surface area contributed by atoms with E-state index in [1.165, 1.54) is 5.56 Å². The van der Waals surface area contributed by atoms with Gasteiger partial charge < -0.3 is 29.5 Å². The van der Waals surface area contributed by atoms with Gasteiger partial charge in [-0.3, -0.25) is 0 Å². The highest BCUT2D eigenvalue weighted by molar-refractivity contribution is 5.68. The Morgan fingerprint density at radius 2 is 2.05 bits per heavy atom. The van der Waals surface area contributed by atoms with Gasteiger partial charge in [-0.25, -0.2) is 4.79 Å². The molecule has 9 nitrogen and oxygen atoms in total. The molecule has 2 aromatic rings. The third kappa shape index (κ3) is 6.40. The van der Waals surface area contributed by atoms with Gasteiger partial charge in [0.05, 0.1) is 11.7 Å². The topological polar surface area (TPSA) is 83.1 Å². The monoisotopic (exact) mass is 506 g/mol. The Bertz CT molecular complexity index is 1090. The molecule has 37 heavy (non-hydrogen) atoms. The Hall–Kier alpha value is -3.17. The fraction of sp³-hybridized carbons (Fsp3) is 0.536. The highest BCUT2D eigenvalue weighted by Crippen LogP contribution is 2.31. The molecule has 9 heteroatoms. The number of piperazine rings is 1. The third-order valence-electron chi connectivity index (χ3n) is 7.18. The molecule has 4 heterocycles. The SMILES string of the molecule is CN(C)CC1CC/C=C\CC2CN(C(=O)OCc3ccccc3)CCN2c2nc(nc3c2CCNC3)O1. The van der Waals surface area contributed by atoms with Crippen molar-refractivity contribution in [3.05, 3.63) is 59.3 Å². The average Bonchev–Trinajstić information content (AvgIpc) is 2.90. The van der Waals surface area contributed by atoms with Crippen molar-refractivity contribution >= 4 is 11.9 Å². The van der Waals surface area contributed by atoms with Gasteiger partial charge in [-0.15, -0.1) is 0 Å². The number of hydrogen-bond donors (Lipinski definition) is 1. The molecule has 5 rings (SSSR count). The molecule has 2 unspecified atom stereocenters. The maximum absolute atomic E-state index is 13.0. The largest absolute Gasteiger partial charge is 0.459 e. The predicted molar refractivity (Wildman–Crippen MR) is 143 cm³/mol. The molecule has 0 spiro atoms. The molecule has 2 bridgehead atoms. The summed E-state index contributed by atoms with van der Waals surface area (Å²) in [4.78, 5) is 29.1. The van der Waals surface area contributed by atoms with Gasteiger partial charge in [0.1, 0.15) is 18.5 Å². The molecule has 0 saturated carbocycles. The molecule has 1 amide bonds. The van der Waals surface area contributed by atoms with Crippen LogP contribution in [0.3, 0.4) is 0 Å². The number of ether oxygens (including phenoxy) is 2. The van der Waals surface area contributed by atoms with E-state index in [1.807, 2.05) is 35.2 Å². The van der Waals surface area contributed by atoms with E-state index in [4.69, 9.17) is 19.4 Å². The number of hydrogen-bond acceptors (Lipinski definition) is 8. The minimum atomic E-state index is -0.261. The smallest absolute Gasteiger partial charge is 0.410 e. The lowest BCUT2D eigenvalue weighted by atomic mass is 10.0. The zero-order chi connectivity index (χ0) is 25.6. The summed E-state index contributed by atoms with van der Waals surface area (Å²) in [6.45, 7) is 4.59. The number of fused-ring (bicyclic) bond motifs is 6. The Morgan fingerprint density at radius 3 is 2.89 bits per heavy atom. The Morgan fingerprint density at radius 1 is 1.19 bits per heavy atom. The highest BCUT2D eigenvalue weighted by Gasteiger charge is 2.34. The van der Waals surface area contributed by atoms with E-state index >= 15 is 0 Å². The summed E-state index contributed by atoms with van der Waals surface area (Å²) in [5, 5.41) is 3.44. The number of carbonyl (C=O) groups is 1. The second kappa shape index (κ2) is 11.9. The zero-order valence-corrected chi connectivity index (χ0v) is 21.9. The Balaban J connectivity index is 1.38. The lowest BCUT2D eigenvalue weighted by molar-refractivity contribution is 0.0887. The molecular weight excluding hydrogens is 468 g/mol. The molecule has 1 fully saturated rings. The van der Waals surface area contributed by atoms with Gasteiger partial charge in [0.15, 0.2) is 0 Å². The molecule has 3 aliphatic heterocycles. The zero-order valence-electron chi connectivity index (χ0n) is 21.9. The van der Waals surface area contributed by atoms with Gasteiger partial charge in [0.25, 0.3) is 0 Å². The van der Waals surface area contributed by atoms with E-state index in [1.54, 1.807) is 0 Å². The van der Waals surface area contributed by atoms with Crippen molar-refractivity contribution in [3.8, 4) is 6.01 Å². The van der Waals surface area contributed by atoms with Gasteiger partial charge in [-0.1, -0.05) is 42.5 Å². The number of amides is 1. The van der Waals surface area contributed by atoms with Gasteiger partial charge >= 0.3 is 12.1 Å². The van der Waals surface area contributed by atoms with E-state index < -0.39 is 0 Å². The van der Waals surface area contributed by atoms with Crippen LogP contribution in [-0.2, 0) is 24.3 Å². The molecule has 198 valence electrons. The van der Waals surface area contributed by atoms with Crippen molar-refractivity contribution < 1.29 is 14.3 Å². The van der Waals surface area contributed by atoms with Crippen LogP contribution in [0.2, 0.25) is 0 Å². The number of aromatic nitrogens is 2. The summed E-state index contributed by atoms with van der Waals surface area (Å²) in [7, 11) is 4.13. The van der Waals surface area contributed by atoms with Crippen LogP contribution in [-0.4, -0.2) is 84.8 Å². The number of nitrogens with zero attached hydrogens (tertiary/aromatic N) is 5. The van der Waals surface area contributed by atoms with Crippen LogP contribution >= 0.6 is 0 Å². The summed E-state index contributed by atoms with van der Waals surface area (Å²) in [6, 6.07) is 10.4. The average molecular weight is 507 g/mol. The first-order chi connectivity index (χ1) is 18.1. The van der Waals surface area contributed by atoms with Gasteiger partial charge in [0.2, 0.25) is 0 Å². The molecule has 3 aliphatic rings. The third-order valence-corrected chi connectivity index (χ3v) is 7.18. The van der Waals surface area contributed by atoms with Crippen molar-refractivity contribution in [2.75, 3.05) is 51.7 Å². The van der Waals surface area contributed by atoms with Crippen LogP contribution in [0, 0.1) is 0 Å². The fourth-order valence-electron chi connectivity index (χ4n) is 5.32. The van der Waals surface area contributed by atoms with Crippen molar-refractivity contribution in [1.29, 1.82) is 0 Å². The first-order valence-corrected chi connectivity index (χ1v) is 13.4. The van der Waals surface area contributed by atoms with Gasteiger partial charge in [-0.05, 0) is 51.9 Å². The number of carbonyl (C=O) groups excluding carboxylic acids is 1. The summed E-state index contributed by atoms with van der Waals surface area (Å²) < 4.78 is 12.0. The molecule has 2 atom stereocenters. The van der Waals surface area contributed by atoms with E-state index in [9.17, 15) is 4.79 Å². The van der Waals surface area contributed by atoms with E-state index in [0.717, 1.165) is 62.4 Å². The Labute approximate surface area is 219 Å². The fourth-order valence-corrected chi connectivity index (χ4v) is 5.32. The summed E-state index contributed by atoms with van der Waals surface area (Å²) in [5.74, 6) is 0.960. The minimum Gasteiger partial charge on any atom is -0.459 e. The first kappa shape index (κ1) is 25.5. The van der Waals surface area contributed by atoms with Crippen LogP contribution in [0.25, 0.3) is 0 Å². The van der Waals surface area contributed by atoms with E-state index in [0.29, 0.717) is 25.6 Å². The molecular formula is C28H38N6O3. The van der Waals surface area contributed by atoms with Crippen LogP contribution < -0.4 is 15.0 Å². The lowest BCUT2D eigenvalue weighted by Crippen LogP contribution is -2.55. The van der Waals surface area contributed by atoms with Crippen LogP contribution in [0.15, 0.2) is 42.5 Å². The quantitative estimate of drug-likeness (QED) is 0.634. The maximum atomic E-state index is 13.0. The molecule has 1 aromatic carbocycles. The molecule has 1 aromatic heterocycles. The summed E-state index contributed by atoms with van der Waals surface area (Å²) in [5.41, 5.74) is 3.21. The number of anilines is 1. The normalized spacial score (nSPS) is 22.7. The molecule has 1 N–H and O–H groups in total. The van der Waals surface area contributed by atoms with Crippen LogP contribution in [0.4, 0.5) is 10.6 Å². The van der Waals surface area contributed by atoms with Crippen LogP contribution in [0.1, 0.15) is 36.1 Å². The number of rotatable bonds is 4. The second-order valence-corrected chi connectivity index (χ2v) is 10.3. The standard InChI is InChI=1S/C28H38N6O3/c1-32(2)19-23-12-8-4-7-11-22-18-33(28(35)36-20-21-9-5-3-6-10-21)15-16-34(22)26-24-13-14-29-17-25(24)30-27(31-26)37-23/h3-7,9-10,22-23,29H,8,11-20H2,1-2H3/b7-4-. The van der Waals surface area contributed by atoms with Crippen molar-refractivity contribution in [2.24, 2.45) is 0 Å². The summed E-state index contributed by atoms with van der Waals surface area (Å²) >= 11 is 0. The van der Waals surface area contributed by atoms with Crippen LogP contribution in [0.5, 0.6) is 6.01 Å². The number of likely N-dealkylation sites (N-methyl/N-ethyl adjacent to an activating group) is 1. The second-order valence-electron chi connectivity index (χ2n) is 10.3. The van der Waals surface area contributed by atoms with Crippen molar-refractivity contribution in [1.82, 2.24) is 25.1 Å². The summed E-state index contributed by atoms with van der Waals surface area (Å²) in [6.07, 6.45) is 7.80. The van der Waals surface area contributed by atoms with Crippen molar-refractivity contribution in [2.45, 2.75) is 51.0 Å². The number of allylic oxidation sites excluding steroid dienone is 1. The van der Waals surface area contributed by atoms with Crippen molar-refractivity contribution in [3.63, 3.8) is 0 Å². The predicted octanol–water partition coefficient (Wildman–Crippen LogP) is 3.00. The maximum Gasteiger partial charge on any atom is 0.410 e. The first-order valence-electron chi connectivity index (χ1n) is 13.4. The number of benzene rings is 1. The minimum absolute atomic E-state index is 0.0218. The Kier molecular flexibility index (Phi) is 8.21. The number of nitrogens with one attached hydrogen (secondary N) is 1. The molecule has 1 saturated heterocycles. The van der Waals surface area contributed by atoms with Gasteiger partial charge in [-0.2, -0.15) is 9.97 Å². The highest BCUT2D eigenvalue weighted by atomic mass is 16.6. The molecule has 0 aliphatic carbocycles. The lowest BCUT2D eigenvalue weighted by Gasteiger charge is -2.42. The van der Waals surface area contributed by atoms with Gasteiger partial charge in [0, 0.05) is 38.3 Å². The van der Waals surface area contributed by atoms with E-state index in [2.05, 4.69) is 41.4 Å². The molecule has 0 radical (unpaired) electrons. The van der Waals surface area contributed by atoms with E-state index in [-0.39, 0.29) is 24.8 Å².